The molecule has 0 atom stereocenters. The van der Waals surface area contributed by atoms with E-state index in [-0.39, 0.29) is 19.2 Å². The quantitative estimate of drug-likeness (QED) is 0.676. The SMILES string of the molecule is COc1ccc(NC(=O)N(CCN)CCO)c(OC)c1. The van der Waals surface area contributed by atoms with Crippen LogP contribution in [0.25, 0.3) is 0 Å². The van der Waals surface area contributed by atoms with Gasteiger partial charge in [-0.3, -0.25) is 0 Å². The minimum atomic E-state index is -0.340. The maximum absolute atomic E-state index is 12.1. The number of aliphatic hydroxyl groups is 1. The van der Waals surface area contributed by atoms with Crippen LogP contribution in [0.4, 0.5) is 10.5 Å². The zero-order valence-corrected chi connectivity index (χ0v) is 11.8. The van der Waals surface area contributed by atoms with E-state index in [2.05, 4.69) is 5.32 Å². The zero-order chi connectivity index (χ0) is 15.0. The topological polar surface area (TPSA) is 97.1 Å². The Bertz CT molecular complexity index is 434. The number of methoxy groups -OCH3 is 2. The van der Waals surface area contributed by atoms with Crippen molar-refractivity contribution in [1.82, 2.24) is 4.90 Å². The van der Waals surface area contributed by atoms with Crippen LogP contribution >= 0.6 is 0 Å². The molecular weight excluding hydrogens is 262 g/mol. The molecule has 7 heteroatoms. The number of urea groups is 1. The highest BCUT2D eigenvalue weighted by molar-refractivity contribution is 5.91. The molecule has 0 fully saturated rings. The fourth-order valence-corrected chi connectivity index (χ4v) is 1.69. The number of aliphatic hydroxyl groups excluding tert-OH is 1. The van der Waals surface area contributed by atoms with Crippen molar-refractivity contribution in [2.75, 3.05) is 45.8 Å². The van der Waals surface area contributed by atoms with Gasteiger partial charge in [0.2, 0.25) is 0 Å². The third-order valence-corrected chi connectivity index (χ3v) is 2.71. The molecule has 0 aromatic heterocycles. The van der Waals surface area contributed by atoms with E-state index in [1.807, 2.05) is 0 Å². The van der Waals surface area contributed by atoms with Gasteiger partial charge < -0.3 is 30.5 Å². The molecule has 1 rings (SSSR count). The summed E-state index contributed by atoms with van der Waals surface area (Å²) in [6.07, 6.45) is 0. The number of benzene rings is 1. The van der Waals surface area contributed by atoms with Crippen LogP contribution in [0.3, 0.4) is 0 Å². The van der Waals surface area contributed by atoms with E-state index in [1.54, 1.807) is 25.3 Å². The lowest BCUT2D eigenvalue weighted by molar-refractivity contribution is 0.190. The molecule has 0 spiro atoms. The second-order valence-electron chi connectivity index (χ2n) is 4.00. The number of nitrogens with one attached hydrogen (secondary N) is 1. The number of amides is 2. The molecule has 0 saturated heterocycles. The molecule has 0 aliphatic rings. The second kappa shape index (κ2) is 8.23. The van der Waals surface area contributed by atoms with Crippen LogP contribution in [0.2, 0.25) is 0 Å². The Morgan fingerprint density at radius 3 is 2.65 bits per heavy atom. The molecule has 4 N–H and O–H groups in total. The fraction of sp³-hybridized carbons (Fsp3) is 0.462. The Hall–Kier alpha value is -1.99. The molecule has 0 aliphatic carbocycles. The summed E-state index contributed by atoms with van der Waals surface area (Å²) in [4.78, 5) is 13.5. The standard InChI is InChI=1S/C13H21N3O4/c1-19-10-3-4-11(12(9-10)20-2)15-13(18)16(6-5-14)7-8-17/h3-4,9,17H,5-8,14H2,1-2H3,(H,15,18). The van der Waals surface area contributed by atoms with Crippen molar-refractivity contribution < 1.29 is 19.4 Å². The highest BCUT2D eigenvalue weighted by atomic mass is 16.5. The lowest BCUT2D eigenvalue weighted by atomic mass is 10.2. The molecule has 112 valence electrons. The van der Waals surface area contributed by atoms with Gasteiger partial charge in [-0.2, -0.15) is 0 Å². The molecule has 1 aromatic rings. The number of rotatable bonds is 7. The van der Waals surface area contributed by atoms with Crippen molar-refractivity contribution >= 4 is 11.7 Å². The first-order valence-corrected chi connectivity index (χ1v) is 6.25. The molecule has 1 aromatic carbocycles. The van der Waals surface area contributed by atoms with Gasteiger partial charge >= 0.3 is 6.03 Å². The predicted molar refractivity (Wildman–Crippen MR) is 76.3 cm³/mol. The van der Waals surface area contributed by atoms with Crippen LogP contribution in [0.15, 0.2) is 18.2 Å². The number of carbonyl (C=O) groups is 1. The van der Waals surface area contributed by atoms with Gasteiger partial charge in [0, 0.05) is 25.7 Å². The van der Waals surface area contributed by atoms with Gasteiger partial charge in [0.25, 0.3) is 0 Å². The van der Waals surface area contributed by atoms with E-state index in [0.29, 0.717) is 30.3 Å². The molecule has 20 heavy (non-hydrogen) atoms. The van der Waals surface area contributed by atoms with Gasteiger partial charge in [0.1, 0.15) is 11.5 Å². The highest BCUT2D eigenvalue weighted by Crippen LogP contribution is 2.29. The summed E-state index contributed by atoms with van der Waals surface area (Å²) < 4.78 is 10.3. The van der Waals surface area contributed by atoms with E-state index in [9.17, 15) is 4.79 Å². The van der Waals surface area contributed by atoms with Gasteiger partial charge in [0.15, 0.2) is 0 Å². The largest absolute Gasteiger partial charge is 0.497 e. The van der Waals surface area contributed by atoms with Crippen molar-refractivity contribution in [2.24, 2.45) is 5.73 Å². The average Bonchev–Trinajstić information content (AvgIpc) is 2.47. The number of ether oxygens (including phenoxy) is 2. The molecule has 0 bridgehead atoms. The first-order valence-electron chi connectivity index (χ1n) is 6.25. The van der Waals surface area contributed by atoms with Crippen LogP contribution in [-0.4, -0.2) is 56.5 Å². The third-order valence-electron chi connectivity index (χ3n) is 2.71. The van der Waals surface area contributed by atoms with Crippen molar-refractivity contribution in [1.29, 1.82) is 0 Å². The lowest BCUT2D eigenvalue weighted by Crippen LogP contribution is -2.40. The smallest absolute Gasteiger partial charge is 0.322 e. The summed E-state index contributed by atoms with van der Waals surface area (Å²) in [5.74, 6) is 1.13. The van der Waals surface area contributed by atoms with Crippen LogP contribution < -0.4 is 20.5 Å². The normalized spacial score (nSPS) is 10.0. The van der Waals surface area contributed by atoms with Gasteiger partial charge in [-0.05, 0) is 12.1 Å². The van der Waals surface area contributed by atoms with Crippen molar-refractivity contribution in [3.05, 3.63) is 18.2 Å². The summed E-state index contributed by atoms with van der Waals surface area (Å²) in [6, 6.07) is 4.74. The third kappa shape index (κ3) is 4.29. The molecule has 0 unspecified atom stereocenters. The molecular formula is C13H21N3O4. The fourth-order valence-electron chi connectivity index (χ4n) is 1.69. The van der Waals surface area contributed by atoms with Crippen LogP contribution in [0, 0.1) is 0 Å². The number of nitrogens with zero attached hydrogens (tertiary/aromatic N) is 1. The molecule has 0 heterocycles. The zero-order valence-electron chi connectivity index (χ0n) is 11.8. The van der Waals surface area contributed by atoms with Crippen LogP contribution in [0.1, 0.15) is 0 Å². The molecule has 0 saturated carbocycles. The summed E-state index contributed by atoms with van der Waals surface area (Å²) in [7, 11) is 3.06. The van der Waals surface area contributed by atoms with Crippen LogP contribution in [0.5, 0.6) is 11.5 Å². The van der Waals surface area contributed by atoms with Crippen LogP contribution in [-0.2, 0) is 0 Å². The Morgan fingerprint density at radius 2 is 2.10 bits per heavy atom. The number of carbonyl (C=O) groups excluding carboxylic acids is 1. The monoisotopic (exact) mass is 283 g/mol. The summed E-state index contributed by atoms with van der Waals surface area (Å²) >= 11 is 0. The first kappa shape index (κ1) is 16.1. The summed E-state index contributed by atoms with van der Waals surface area (Å²) in [6.45, 7) is 0.798. The van der Waals surface area contributed by atoms with E-state index in [1.165, 1.54) is 12.0 Å². The number of hydrogen-bond acceptors (Lipinski definition) is 5. The Kier molecular flexibility index (Phi) is 6.61. The molecule has 0 radical (unpaired) electrons. The molecule has 7 nitrogen and oxygen atoms in total. The lowest BCUT2D eigenvalue weighted by Gasteiger charge is -2.22. The number of hydrogen-bond donors (Lipinski definition) is 3. The number of nitrogens with two attached hydrogens (primary N) is 1. The van der Waals surface area contributed by atoms with E-state index in [4.69, 9.17) is 20.3 Å². The van der Waals surface area contributed by atoms with Gasteiger partial charge in [-0.15, -0.1) is 0 Å². The van der Waals surface area contributed by atoms with Gasteiger partial charge in [-0.25, -0.2) is 4.79 Å². The van der Waals surface area contributed by atoms with Crippen molar-refractivity contribution in [3.8, 4) is 11.5 Å². The maximum atomic E-state index is 12.1. The highest BCUT2D eigenvalue weighted by Gasteiger charge is 2.14. The predicted octanol–water partition coefficient (Wildman–Crippen LogP) is 0.489. The minimum absolute atomic E-state index is 0.118. The molecule has 2 amide bonds. The molecule has 0 aliphatic heterocycles. The Morgan fingerprint density at radius 1 is 1.35 bits per heavy atom. The Balaban J connectivity index is 2.82. The minimum Gasteiger partial charge on any atom is -0.497 e. The number of anilines is 1. The van der Waals surface area contributed by atoms with E-state index < -0.39 is 0 Å². The van der Waals surface area contributed by atoms with Gasteiger partial charge in [0.05, 0.1) is 26.5 Å². The average molecular weight is 283 g/mol. The Labute approximate surface area is 118 Å². The van der Waals surface area contributed by atoms with E-state index in [0.717, 1.165) is 0 Å². The van der Waals surface area contributed by atoms with Crippen molar-refractivity contribution in [2.45, 2.75) is 0 Å². The van der Waals surface area contributed by atoms with Crippen molar-refractivity contribution in [3.63, 3.8) is 0 Å². The van der Waals surface area contributed by atoms with Gasteiger partial charge in [-0.1, -0.05) is 0 Å². The maximum Gasteiger partial charge on any atom is 0.322 e. The second-order valence-corrected chi connectivity index (χ2v) is 4.00. The summed E-state index contributed by atoms with van der Waals surface area (Å²) in [5, 5.41) is 11.7. The first-order chi connectivity index (χ1) is 9.65. The summed E-state index contributed by atoms with van der Waals surface area (Å²) in [5.41, 5.74) is 5.97. The van der Waals surface area contributed by atoms with E-state index >= 15 is 0 Å².